The number of nitrogens with zero attached hydrogens (tertiary/aromatic N) is 4. The van der Waals surface area contributed by atoms with Crippen LogP contribution >= 0.6 is 11.6 Å². The molecule has 0 radical (unpaired) electrons. The Balaban J connectivity index is 1.67. The first kappa shape index (κ1) is 18.7. The Bertz CT molecular complexity index is 1180. The van der Waals surface area contributed by atoms with Gasteiger partial charge < -0.3 is 5.11 Å². The van der Waals surface area contributed by atoms with Crippen molar-refractivity contribution >= 4 is 11.6 Å². The Kier molecular flexibility index (Phi) is 5.50. The molecule has 29 heavy (non-hydrogen) atoms. The van der Waals surface area contributed by atoms with E-state index >= 15 is 0 Å². The van der Waals surface area contributed by atoms with Crippen LogP contribution in [0, 0.1) is 11.8 Å². The Labute approximate surface area is 172 Å². The summed E-state index contributed by atoms with van der Waals surface area (Å²) in [5.41, 5.74) is 4.64. The lowest BCUT2D eigenvalue weighted by Gasteiger charge is -2.07. The number of rotatable bonds is 4. The fraction of sp³-hybridized carbons (Fsp3) is 0.0909. The van der Waals surface area contributed by atoms with Crippen LogP contribution in [0.15, 0.2) is 60.9 Å². The van der Waals surface area contributed by atoms with Crippen molar-refractivity contribution < 1.29 is 5.11 Å². The summed E-state index contributed by atoms with van der Waals surface area (Å²) in [5, 5.41) is 24.1. The zero-order valence-electron chi connectivity index (χ0n) is 15.3. The molecule has 0 saturated carbocycles. The van der Waals surface area contributed by atoms with Gasteiger partial charge in [-0.15, -0.1) is 10.2 Å². The van der Waals surface area contributed by atoms with E-state index in [1.54, 1.807) is 18.3 Å². The molecule has 2 aromatic carbocycles. The second-order valence-electron chi connectivity index (χ2n) is 6.38. The minimum atomic E-state index is 0.113. The highest BCUT2D eigenvalue weighted by atomic mass is 35.5. The van der Waals surface area contributed by atoms with E-state index in [-0.39, 0.29) is 5.75 Å². The van der Waals surface area contributed by atoms with E-state index in [4.69, 9.17) is 11.6 Å². The van der Waals surface area contributed by atoms with Gasteiger partial charge in [-0.1, -0.05) is 29.5 Å². The van der Waals surface area contributed by atoms with Crippen molar-refractivity contribution in [2.24, 2.45) is 0 Å². The molecule has 6 nitrogen and oxygen atoms in total. The van der Waals surface area contributed by atoms with Crippen LogP contribution < -0.4 is 0 Å². The first-order chi connectivity index (χ1) is 14.2. The van der Waals surface area contributed by atoms with E-state index in [9.17, 15) is 5.11 Å². The van der Waals surface area contributed by atoms with Crippen molar-refractivity contribution in [3.8, 4) is 29.0 Å². The van der Waals surface area contributed by atoms with E-state index in [0.29, 0.717) is 16.4 Å². The van der Waals surface area contributed by atoms with Gasteiger partial charge in [0, 0.05) is 29.1 Å². The van der Waals surface area contributed by atoms with E-state index < -0.39 is 0 Å². The Hall–Kier alpha value is -3.69. The zero-order valence-corrected chi connectivity index (χ0v) is 16.1. The molecular weight excluding hydrogens is 386 g/mol. The monoisotopic (exact) mass is 401 g/mol. The summed E-state index contributed by atoms with van der Waals surface area (Å²) >= 11 is 6.17. The van der Waals surface area contributed by atoms with Gasteiger partial charge >= 0.3 is 0 Å². The van der Waals surface area contributed by atoms with Crippen LogP contribution in [0.1, 0.15) is 22.3 Å². The van der Waals surface area contributed by atoms with Gasteiger partial charge in [0.1, 0.15) is 5.75 Å². The molecule has 7 heteroatoms. The van der Waals surface area contributed by atoms with E-state index in [2.05, 4.69) is 43.5 Å². The fourth-order valence-corrected chi connectivity index (χ4v) is 3.13. The number of phenols is 1. The lowest BCUT2D eigenvalue weighted by Crippen LogP contribution is -1.97. The molecule has 0 aliphatic heterocycles. The molecule has 2 heterocycles. The van der Waals surface area contributed by atoms with Gasteiger partial charge in [0.05, 0.1) is 5.02 Å². The molecule has 0 aliphatic rings. The first-order valence-corrected chi connectivity index (χ1v) is 9.33. The molecule has 0 atom stereocenters. The Morgan fingerprint density at radius 3 is 2.62 bits per heavy atom. The molecule has 142 valence electrons. The lowest BCUT2D eigenvalue weighted by atomic mass is 9.97. The molecule has 0 aliphatic carbocycles. The topological polar surface area (TPSA) is 87.6 Å². The maximum absolute atomic E-state index is 9.51. The van der Waals surface area contributed by atoms with E-state index in [1.165, 1.54) is 6.07 Å². The summed E-state index contributed by atoms with van der Waals surface area (Å²) in [6.07, 6.45) is 5.24. The number of H-pyrrole nitrogens is 1. The normalized spacial score (nSPS) is 10.4. The highest BCUT2D eigenvalue weighted by Gasteiger charge is 2.08. The summed E-state index contributed by atoms with van der Waals surface area (Å²) in [4.78, 5) is 4.17. The van der Waals surface area contributed by atoms with Gasteiger partial charge in [0.25, 0.3) is 0 Å². The van der Waals surface area contributed by atoms with Crippen molar-refractivity contribution in [2.75, 3.05) is 0 Å². The number of hydrogen-bond donors (Lipinski definition) is 2. The molecule has 0 amide bonds. The van der Waals surface area contributed by atoms with Crippen molar-refractivity contribution in [2.45, 2.75) is 12.8 Å². The molecule has 4 aromatic rings. The maximum Gasteiger partial charge on any atom is 0.204 e. The van der Waals surface area contributed by atoms with Crippen LogP contribution in [0.4, 0.5) is 0 Å². The molecule has 2 N–H and O–H groups in total. The van der Waals surface area contributed by atoms with Gasteiger partial charge in [-0.25, -0.2) is 0 Å². The van der Waals surface area contributed by atoms with Gasteiger partial charge in [-0.2, -0.15) is 5.21 Å². The maximum atomic E-state index is 9.51. The van der Waals surface area contributed by atoms with E-state index in [0.717, 1.165) is 35.1 Å². The third kappa shape index (κ3) is 4.60. The third-order valence-electron chi connectivity index (χ3n) is 4.40. The van der Waals surface area contributed by atoms with Gasteiger partial charge in [-0.05, 0) is 71.6 Å². The Morgan fingerprint density at radius 1 is 1.00 bits per heavy atom. The number of aryl methyl sites for hydroxylation is 2. The number of phenolic OH excluding ortho intramolecular Hbond substituents is 1. The number of aromatic hydroxyl groups is 1. The van der Waals surface area contributed by atoms with Crippen LogP contribution in [0.2, 0.25) is 5.02 Å². The largest absolute Gasteiger partial charge is 0.508 e. The molecule has 0 saturated heterocycles. The van der Waals surface area contributed by atoms with Crippen LogP contribution in [-0.4, -0.2) is 30.7 Å². The third-order valence-corrected chi connectivity index (χ3v) is 4.71. The van der Waals surface area contributed by atoms with Crippen molar-refractivity contribution in [3.63, 3.8) is 0 Å². The van der Waals surface area contributed by atoms with Crippen molar-refractivity contribution in [1.82, 2.24) is 25.6 Å². The van der Waals surface area contributed by atoms with Crippen molar-refractivity contribution in [3.05, 3.63) is 88.2 Å². The minimum absolute atomic E-state index is 0.113. The first-order valence-electron chi connectivity index (χ1n) is 8.95. The number of aromatic nitrogens is 5. The van der Waals surface area contributed by atoms with Crippen LogP contribution in [-0.2, 0) is 12.8 Å². The second-order valence-corrected chi connectivity index (χ2v) is 6.79. The number of tetrazole rings is 1. The molecule has 0 unspecified atom stereocenters. The average Bonchev–Trinajstić information content (AvgIpc) is 3.28. The number of aromatic amines is 1. The fourth-order valence-electron chi connectivity index (χ4n) is 2.91. The smallest absolute Gasteiger partial charge is 0.204 e. The van der Waals surface area contributed by atoms with Crippen LogP contribution in [0.5, 0.6) is 5.75 Å². The number of pyridine rings is 1. The van der Waals surface area contributed by atoms with Crippen LogP contribution in [0.3, 0.4) is 0 Å². The number of nitrogens with one attached hydrogen (secondary N) is 1. The van der Waals surface area contributed by atoms with Gasteiger partial charge in [0.2, 0.25) is 5.82 Å². The highest BCUT2D eigenvalue weighted by Crippen LogP contribution is 2.22. The Morgan fingerprint density at radius 2 is 1.86 bits per heavy atom. The zero-order chi connectivity index (χ0) is 20.1. The molecule has 0 bridgehead atoms. The minimum Gasteiger partial charge on any atom is -0.508 e. The summed E-state index contributed by atoms with van der Waals surface area (Å²) in [6, 6.07) is 14.6. The summed E-state index contributed by atoms with van der Waals surface area (Å²) in [7, 11) is 0. The highest BCUT2D eigenvalue weighted by molar-refractivity contribution is 6.31. The van der Waals surface area contributed by atoms with Crippen molar-refractivity contribution in [1.29, 1.82) is 0 Å². The standard InChI is InChI=1S/C22H16ClN5O/c23-21-13-20(29)10-9-17(21)7-5-16-6-8-19(22-25-27-28-26-22)12-18(16)4-3-15-2-1-11-24-14-15/h1-2,6,8-14,29H,3-4H2,(H,25,26,27,28). The predicted octanol–water partition coefficient (Wildman–Crippen LogP) is 3.81. The summed E-state index contributed by atoms with van der Waals surface area (Å²) < 4.78 is 0. The number of hydrogen-bond acceptors (Lipinski definition) is 5. The molecule has 2 aromatic heterocycles. The second kappa shape index (κ2) is 8.55. The van der Waals surface area contributed by atoms with E-state index in [1.807, 2.05) is 30.5 Å². The van der Waals surface area contributed by atoms with Gasteiger partial charge in [-0.3, -0.25) is 4.98 Å². The molecule has 4 rings (SSSR count). The predicted molar refractivity (Wildman–Crippen MR) is 110 cm³/mol. The summed E-state index contributed by atoms with van der Waals surface area (Å²) in [6.45, 7) is 0. The van der Waals surface area contributed by atoms with Gasteiger partial charge in [0.15, 0.2) is 0 Å². The average molecular weight is 402 g/mol. The SMILES string of the molecule is Oc1ccc(C#Cc2ccc(-c3nn[nH]n3)cc2CCc2cccnc2)c(Cl)c1. The summed E-state index contributed by atoms with van der Waals surface area (Å²) in [5.74, 6) is 6.95. The number of halogens is 1. The van der Waals surface area contributed by atoms with Crippen LogP contribution in [0.25, 0.3) is 11.4 Å². The molecule has 0 fully saturated rings. The molecule has 0 spiro atoms. The number of benzene rings is 2. The molecular formula is C22H16ClN5O. The quantitative estimate of drug-likeness (QED) is 0.508. The lowest BCUT2D eigenvalue weighted by molar-refractivity contribution is 0.475.